The van der Waals surface area contributed by atoms with Gasteiger partial charge in [0.1, 0.15) is 0 Å². The van der Waals surface area contributed by atoms with E-state index in [1.165, 1.54) is 58.3 Å². The van der Waals surface area contributed by atoms with Crippen molar-refractivity contribution in [2.24, 2.45) is 17.1 Å². The lowest BCUT2D eigenvalue weighted by Gasteiger charge is -2.47. The predicted octanol–water partition coefficient (Wildman–Crippen LogP) is 2.31. The third-order valence-corrected chi connectivity index (χ3v) is 5.97. The Kier molecular flexibility index (Phi) is 4.13. The van der Waals surface area contributed by atoms with Crippen LogP contribution in [0.4, 0.5) is 0 Å². The fraction of sp³-hybridized carbons (Fsp3) is 1.00. The minimum atomic E-state index is 0.404. The van der Waals surface area contributed by atoms with Crippen molar-refractivity contribution in [3.8, 4) is 0 Å². The van der Waals surface area contributed by atoms with Crippen molar-refractivity contribution in [3.63, 3.8) is 0 Å². The summed E-state index contributed by atoms with van der Waals surface area (Å²) >= 11 is 0. The fourth-order valence-electron chi connectivity index (χ4n) is 4.25. The molecule has 3 rings (SSSR count). The number of nitrogens with two attached hydrogens (primary N) is 1. The molecule has 3 fully saturated rings. The molecule has 0 amide bonds. The monoisotopic (exact) mass is 279 g/mol. The van der Waals surface area contributed by atoms with Gasteiger partial charge in [0.15, 0.2) is 0 Å². The minimum absolute atomic E-state index is 0.404. The van der Waals surface area contributed by atoms with Gasteiger partial charge < -0.3 is 5.73 Å². The van der Waals surface area contributed by atoms with E-state index in [9.17, 15) is 0 Å². The van der Waals surface area contributed by atoms with E-state index in [4.69, 9.17) is 5.73 Å². The molecule has 0 radical (unpaired) electrons. The van der Waals surface area contributed by atoms with Crippen LogP contribution in [0.1, 0.15) is 52.9 Å². The van der Waals surface area contributed by atoms with Crippen LogP contribution >= 0.6 is 0 Å². The first-order chi connectivity index (χ1) is 9.45. The van der Waals surface area contributed by atoms with Crippen LogP contribution in [0, 0.1) is 11.3 Å². The maximum atomic E-state index is 6.47. The highest BCUT2D eigenvalue weighted by Crippen LogP contribution is 2.39. The third-order valence-electron chi connectivity index (χ3n) is 5.97. The van der Waals surface area contributed by atoms with E-state index < -0.39 is 0 Å². The van der Waals surface area contributed by atoms with E-state index in [1.54, 1.807) is 0 Å². The molecule has 1 saturated heterocycles. The van der Waals surface area contributed by atoms with Crippen molar-refractivity contribution in [2.75, 3.05) is 26.2 Å². The van der Waals surface area contributed by atoms with Crippen molar-refractivity contribution in [1.82, 2.24) is 9.80 Å². The van der Waals surface area contributed by atoms with E-state index in [2.05, 4.69) is 30.6 Å². The van der Waals surface area contributed by atoms with Gasteiger partial charge in [-0.15, -0.1) is 0 Å². The highest BCUT2D eigenvalue weighted by atomic mass is 15.3. The zero-order valence-corrected chi connectivity index (χ0v) is 13.6. The third kappa shape index (κ3) is 3.20. The van der Waals surface area contributed by atoms with Gasteiger partial charge in [0.2, 0.25) is 0 Å². The molecule has 0 bridgehead atoms. The molecule has 0 aromatic rings. The van der Waals surface area contributed by atoms with E-state index in [0.717, 1.165) is 12.0 Å². The molecular formula is C17H33N3. The molecule has 3 nitrogen and oxygen atoms in total. The van der Waals surface area contributed by atoms with Gasteiger partial charge in [-0.1, -0.05) is 20.8 Å². The van der Waals surface area contributed by atoms with Crippen molar-refractivity contribution in [1.29, 1.82) is 0 Å². The molecule has 3 heteroatoms. The van der Waals surface area contributed by atoms with Crippen molar-refractivity contribution < 1.29 is 0 Å². The summed E-state index contributed by atoms with van der Waals surface area (Å²) in [5.74, 6) is 0.841. The van der Waals surface area contributed by atoms with Crippen LogP contribution in [0.3, 0.4) is 0 Å². The lowest BCUT2D eigenvalue weighted by Crippen LogP contribution is -2.58. The quantitative estimate of drug-likeness (QED) is 0.842. The lowest BCUT2D eigenvalue weighted by molar-refractivity contribution is 0.0329. The topological polar surface area (TPSA) is 32.5 Å². The summed E-state index contributed by atoms with van der Waals surface area (Å²) in [6.07, 6.45) is 6.73. The van der Waals surface area contributed by atoms with Crippen LogP contribution in [-0.2, 0) is 0 Å². The highest BCUT2D eigenvalue weighted by molar-refractivity contribution is 4.95. The molecule has 0 spiro atoms. The van der Waals surface area contributed by atoms with Gasteiger partial charge in [0, 0.05) is 44.3 Å². The Morgan fingerprint density at radius 3 is 2.00 bits per heavy atom. The Morgan fingerprint density at radius 2 is 1.45 bits per heavy atom. The molecule has 2 aliphatic carbocycles. The van der Waals surface area contributed by atoms with E-state index in [1.807, 2.05) is 0 Å². The molecule has 3 unspecified atom stereocenters. The Labute approximate surface area is 124 Å². The van der Waals surface area contributed by atoms with Gasteiger partial charge in [0.25, 0.3) is 0 Å². The average Bonchev–Trinajstić information content (AvgIpc) is 3.22. The van der Waals surface area contributed by atoms with Crippen molar-refractivity contribution in [3.05, 3.63) is 0 Å². The first kappa shape index (κ1) is 14.8. The van der Waals surface area contributed by atoms with Crippen molar-refractivity contribution >= 4 is 0 Å². The van der Waals surface area contributed by atoms with Crippen LogP contribution < -0.4 is 5.73 Å². The summed E-state index contributed by atoms with van der Waals surface area (Å²) in [6, 6.07) is 1.97. The Morgan fingerprint density at radius 1 is 0.850 bits per heavy atom. The zero-order chi connectivity index (χ0) is 14.3. The second kappa shape index (κ2) is 5.58. The Hall–Kier alpha value is -0.120. The molecular weight excluding hydrogens is 246 g/mol. The van der Waals surface area contributed by atoms with Crippen LogP contribution in [-0.4, -0.2) is 54.1 Å². The normalized spacial score (nSPS) is 38.1. The molecule has 116 valence electrons. The zero-order valence-electron chi connectivity index (χ0n) is 13.6. The smallest absolute Gasteiger partial charge is 0.0251 e. The molecule has 3 aliphatic rings. The minimum Gasteiger partial charge on any atom is -0.326 e. The average molecular weight is 279 g/mol. The van der Waals surface area contributed by atoms with Crippen LogP contribution in [0.25, 0.3) is 0 Å². The lowest BCUT2D eigenvalue weighted by atomic mass is 9.69. The van der Waals surface area contributed by atoms with E-state index in [-0.39, 0.29) is 0 Å². The molecule has 20 heavy (non-hydrogen) atoms. The number of rotatable bonds is 2. The van der Waals surface area contributed by atoms with Gasteiger partial charge in [-0.05, 0) is 43.4 Å². The summed E-state index contributed by atoms with van der Waals surface area (Å²) < 4.78 is 0. The fourth-order valence-corrected chi connectivity index (χ4v) is 4.25. The second-order valence-corrected chi connectivity index (χ2v) is 8.41. The number of piperazine rings is 1. The maximum absolute atomic E-state index is 6.47. The number of hydrogen-bond acceptors (Lipinski definition) is 3. The molecule has 1 heterocycles. The number of hydrogen-bond donors (Lipinski definition) is 1. The predicted molar refractivity (Wildman–Crippen MR) is 84.7 cm³/mol. The van der Waals surface area contributed by atoms with Crippen LogP contribution in [0.15, 0.2) is 0 Å². The molecule has 2 N–H and O–H groups in total. The van der Waals surface area contributed by atoms with Crippen LogP contribution in [0.2, 0.25) is 0 Å². The standard InChI is InChI=1S/C17H33N3/c1-17(2,3)13-4-7-15(18)16(12-13)20-10-8-19(9-11-20)14-5-6-14/h13-16H,4-12,18H2,1-3H3. The Bertz CT molecular complexity index is 324. The molecule has 0 aromatic carbocycles. The first-order valence-electron chi connectivity index (χ1n) is 8.69. The highest BCUT2D eigenvalue weighted by Gasteiger charge is 2.39. The van der Waals surface area contributed by atoms with Gasteiger partial charge in [-0.3, -0.25) is 9.80 Å². The van der Waals surface area contributed by atoms with Gasteiger partial charge in [-0.25, -0.2) is 0 Å². The summed E-state index contributed by atoms with van der Waals surface area (Å²) in [4.78, 5) is 5.41. The molecule has 1 aliphatic heterocycles. The summed E-state index contributed by atoms with van der Waals surface area (Å²) in [6.45, 7) is 12.2. The van der Waals surface area contributed by atoms with E-state index in [0.29, 0.717) is 17.5 Å². The van der Waals surface area contributed by atoms with Gasteiger partial charge in [0.05, 0.1) is 0 Å². The van der Waals surface area contributed by atoms with Crippen molar-refractivity contribution in [2.45, 2.75) is 71.0 Å². The molecule has 0 aromatic heterocycles. The van der Waals surface area contributed by atoms with Gasteiger partial charge in [-0.2, -0.15) is 0 Å². The van der Waals surface area contributed by atoms with E-state index >= 15 is 0 Å². The second-order valence-electron chi connectivity index (χ2n) is 8.41. The summed E-state index contributed by atoms with van der Waals surface area (Å²) in [7, 11) is 0. The summed E-state index contributed by atoms with van der Waals surface area (Å²) in [5, 5.41) is 0. The number of nitrogens with zero attached hydrogens (tertiary/aromatic N) is 2. The first-order valence-corrected chi connectivity index (χ1v) is 8.69. The molecule has 2 saturated carbocycles. The Balaban J connectivity index is 1.57. The maximum Gasteiger partial charge on any atom is 0.0251 e. The van der Waals surface area contributed by atoms with Gasteiger partial charge >= 0.3 is 0 Å². The van der Waals surface area contributed by atoms with Crippen LogP contribution in [0.5, 0.6) is 0 Å². The summed E-state index contributed by atoms with van der Waals surface area (Å²) in [5.41, 5.74) is 6.91. The SMILES string of the molecule is CC(C)(C)C1CCC(N)C(N2CCN(C3CC3)CC2)C1. The largest absolute Gasteiger partial charge is 0.326 e. The molecule has 3 atom stereocenters.